The molecule has 1 unspecified atom stereocenters. The number of thiocarbonyl (C=S) groups is 1. The van der Waals surface area contributed by atoms with E-state index in [0.29, 0.717) is 0 Å². The second kappa shape index (κ2) is 2.96. The van der Waals surface area contributed by atoms with Gasteiger partial charge in [-0.3, -0.25) is 5.43 Å². The largest absolute Gasteiger partial charge is 0.336 e. The fraction of sp³-hybridized carbons (Fsp3) is 0.667. The number of nitrogens with zero attached hydrogens (tertiary/aromatic N) is 2. The van der Waals surface area contributed by atoms with Crippen LogP contribution in [0.15, 0.2) is 5.10 Å². The van der Waals surface area contributed by atoms with Gasteiger partial charge in [0.05, 0.1) is 0 Å². The van der Waals surface area contributed by atoms with Crippen LogP contribution in [-0.2, 0) is 0 Å². The summed E-state index contributed by atoms with van der Waals surface area (Å²) >= 11 is 4.79. The first-order chi connectivity index (χ1) is 4.79. The third kappa shape index (κ3) is 1.11. The monoisotopic (exact) mass is 157 g/mol. The molecular weight excluding hydrogens is 146 g/mol. The average molecular weight is 157 g/mol. The lowest BCUT2D eigenvalue weighted by Crippen LogP contribution is -2.37. The van der Waals surface area contributed by atoms with Gasteiger partial charge in [-0.1, -0.05) is 19.1 Å². The maximum absolute atomic E-state index is 4.79. The molecule has 1 aliphatic heterocycles. The molecule has 0 fully saturated rings. The van der Waals surface area contributed by atoms with E-state index in [1.165, 1.54) is 0 Å². The zero-order valence-corrected chi connectivity index (χ0v) is 6.98. The van der Waals surface area contributed by atoms with Crippen LogP contribution in [0.2, 0.25) is 0 Å². The van der Waals surface area contributed by atoms with Crippen LogP contribution in [0.1, 0.15) is 13.3 Å². The number of rotatable bonds is 2. The second-order valence-electron chi connectivity index (χ2n) is 2.20. The van der Waals surface area contributed by atoms with Crippen molar-refractivity contribution in [2.24, 2.45) is 5.10 Å². The highest BCUT2D eigenvalue weighted by Gasteiger charge is 2.19. The Morgan fingerprint density at radius 2 is 2.60 bits per heavy atom. The first-order valence-corrected chi connectivity index (χ1v) is 3.77. The van der Waals surface area contributed by atoms with Gasteiger partial charge in [0, 0.05) is 18.8 Å². The van der Waals surface area contributed by atoms with Crippen molar-refractivity contribution in [2.45, 2.75) is 19.5 Å². The minimum absolute atomic E-state index is 0.116. The quantitative estimate of drug-likeness (QED) is 0.594. The van der Waals surface area contributed by atoms with Gasteiger partial charge < -0.3 is 4.90 Å². The van der Waals surface area contributed by atoms with Crippen LogP contribution in [0.4, 0.5) is 0 Å². The molecule has 0 aliphatic carbocycles. The normalized spacial score (nSPS) is 24.0. The molecule has 56 valence electrons. The summed E-state index contributed by atoms with van der Waals surface area (Å²) in [5, 5.41) is 5.75. The van der Waals surface area contributed by atoms with Crippen LogP contribution in [-0.4, -0.2) is 29.3 Å². The van der Waals surface area contributed by atoms with Crippen LogP contribution < -0.4 is 5.43 Å². The van der Waals surface area contributed by atoms with Crippen LogP contribution in [0, 0.1) is 0 Å². The Bertz CT molecular complexity index is 166. The first-order valence-electron chi connectivity index (χ1n) is 3.29. The number of hydrogen-bond acceptors (Lipinski definition) is 4. The third-order valence-corrected chi connectivity index (χ3v) is 1.85. The zero-order valence-electron chi connectivity index (χ0n) is 6.16. The summed E-state index contributed by atoms with van der Waals surface area (Å²) in [7, 11) is 1.98. The van der Waals surface area contributed by atoms with Crippen LogP contribution in [0.5, 0.6) is 0 Å². The van der Waals surface area contributed by atoms with E-state index < -0.39 is 0 Å². The highest BCUT2D eigenvalue weighted by Crippen LogP contribution is 2.03. The fourth-order valence-corrected chi connectivity index (χ4v) is 1.16. The maximum Gasteiger partial charge on any atom is 0.145 e. The summed E-state index contributed by atoms with van der Waals surface area (Å²) < 4.78 is 0. The number of hydrazone groups is 1. The van der Waals surface area contributed by atoms with E-state index >= 15 is 0 Å². The Hall–Kier alpha value is -0.640. The van der Waals surface area contributed by atoms with Gasteiger partial charge in [-0.2, -0.15) is 5.10 Å². The Kier molecular flexibility index (Phi) is 2.21. The molecule has 1 rings (SSSR count). The maximum atomic E-state index is 4.79. The molecule has 1 heterocycles. The molecule has 1 N–H and O–H groups in total. The van der Waals surface area contributed by atoms with E-state index in [9.17, 15) is 0 Å². The third-order valence-electron chi connectivity index (χ3n) is 1.60. The van der Waals surface area contributed by atoms with E-state index in [1.54, 1.807) is 5.37 Å². The second-order valence-corrected chi connectivity index (χ2v) is 2.47. The lowest BCUT2D eigenvalue weighted by molar-refractivity contribution is 0.442. The summed E-state index contributed by atoms with van der Waals surface area (Å²) in [5.74, 6) is 1.06. The first kappa shape index (κ1) is 7.47. The van der Waals surface area contributed by atoms with Gasteiger partial charge >= 0.3 is 0 Å². The van der Waals surface area contributed by atoms with Crippen molar-refractivity contribution >= 4 is 23.4 Å². The van der Waals surface area contributed by atoms with Gasteiger partial charge in [-0.05, 0) is 0 Å². The average Bonchev–Trinajstić information content (AvgIpc) is 2.30. The molecule has 1 atom stereocenters. The van der Waals surface area contributed by atoms with Crippen molar-refractivity contribution < 1.29 is 0 Å². The highest BCUT2D eigenvalue weighted by molar-refractivity contribution is 7.79. The molecule has 0 bridgehead atoms. The molecule has 3 nitrogen and oxygen atoms in total. The summed E-state index contributed by atoms with van der Waals surface area (Å²) in [6.45, 7) is 2.07. The molecule has 0 aromatic rings. The lowest BCUT2D eigenvalue weighted by atomic mass is 10.4. The van der Waals surface area contributed by atoms with Gasteiger partial charge in [0.15, 0.2) is 0 Å². The minimum Gasteiger partial charge on any atom is -0.336 e. The number of nitrogens with one attached hydrogen (secondary N) is 1. The number of hydrogen-bond donors (Lipinski definition) is 1. The summed E-state index contributed by atoms with van der Waals surface area (Å²) in [4.78, 5) is 2.03. The Balaban J connectivity index is 2.59. The van der Waals surface area contributed by atoms with Crippen molar-refractivity contribution in [2.75, 3.05) is 7.05 Å². The molecule has 0 saturated heterocycles. The molecule has 0 amide bonds. The summed E-state index contributed by atoms with van der Waals surface area (Å²) in [6, 6.07) is 0. The van der Waals surface area contributed by atoms with Crippen LogP contribution in [0.3, 0.4) is 0 Å². The van der Waals surface area contributed by atoms with Gasteiger partial charge in [-0.25, -0.2) is 0 Å². The molecule has 0 aromatic carbocycles. The standard InChI is InChI=1S/C6H11N3S/c1-3-5-7-8-6(4-10)9(5)2/h4,6,8H,3H2,1-2H3. The zero-order chi connectivity index (χ0) is 7.56. The van der Waals surface area contributed by atoms with Crippen molar-refractivity contribution in [3.63, 3.8) is 0 Å². The minimum atomic E-state index is 0.116. The van der Waals surface area contributed by atoms with E-state index in [1.807, 2.05) is 11.9 Å². The smallest absolute Gasteiger partial charge is 0.145 e. The molecule has 0 spiro atoms. The van der Waals surface area contributed by atoms with Gasteiger partial charge in [0.2, 0.25) is 0 Å². The molecule has 10 heavy (non-hydrogen) atoms. The van der Waals surface area contributed by atoms with Crippen LogP contribution in [0.25, 0.3) is 0 Å². The SMILES string of the molecule is CCC1=NNC(C=S)N1C. The fourth-order valence-electron chi connectivity index (χ4n) is 0.917. The Morgan fingerprint density at radius 1 is 1.90 bits per heavy atom. The van der Waals surface area contributed by atoms with Crippen molar-refractivity contribution in [3.8, 4) is 0 Å². The van der Waals surface area contributed by atoms with E-state index in [2.05, 4.69) is 17.5 Å². The molecule has 4 heteroatoms. The van der Waals surface area contributed by atoms with E-state index in [4.69, 9.17) is 12.2 Å². The number of amidine groups is 1. The topological polar surface area (TPSA) is 27.6 Å². The summed E-state index contributed by atoms with van der Waals surface area (Å²) in [6.07, 6.45) is 1.06. The van der Waals surface area contributed by atoms with Gasteiger partial charge in [0.25, 0.3) is 0 Å². The predicted octanol–water partition coefficient (Wildman–Crippen LogP) is 0.571. The molecule has 0 aromatic heterocycles. The summed E-state index contributed by atoms with van der Waals surface area (Å²) in [5.41, 5.74) is 2.91. The van der Waals surface area contributed by atoms with Crippen molar-refractivity contribution in [1.29, 1.82) is 0 Å². The molecule has 0 radical (unpaired) electrons. The Labute approximate surface area is 66.1 Å². The lowest BCUT2D eigenvalue weighted by Gasteiger charge is -2.17. The molecule has 1 aliphatic rings. The Morgan fingerprint density at radius 3 is 2.90 bits per heavy atom. The van der Waals surface area contributed by atoms with Crippen molar-refractivity contribution in [1.82, 2.24) is 10.3 Å². The predicted molar refractivity (Wildman–Crippen MR) is 46.1 cm³/mol. The molecule has 0 saturated carbocycles. The highest BCUT2D eigenvalue weighted by atomic mass is 32.1. The van der Waals surface area contributed by atoms with Crippen LogP contribution >= 0.6 is 12.2 Å². The van der Waals surface area contributed by atoms with Gasteiger partial charge in [-0.15, -0.1) is 0 Å². The molecular formula is C6H11N3S. The van der Waals surface area contributed by atoms with E-state index in [-0.39, 0.29) is 6.17 Å². The van der Waals surface area contributed by atoms with Gasteiger partial charge in [0.1, 0.15) is 12.0 Å². The van der Waals surface area contributed by atoms with E-state index in [0.717, 1.165) is 12.3 Å². The van der Waals surface area contributed by atoms with Crippen molar-refractivity contribution in [3.05, 3.63) is 0 Å².